The van der Waals surface area contributed by atoms with Gasteiger partial charge in [-0.3, -0.25) is 14.6 Å². The molecule has 0 amide bonds. The van der Waals surface area contributed by atoms with Gasteiger partial charge in [0.1, 0.15) is 6.04 Å². The van der Waals surface area contributed by atoms with Crippen LogP contribution in [0.4, 0.5) is 0 Å². The van der Waals surface area contributed by atoms with Crippen molar-refractivity contribution >= 4 is 10.9 Å². The Kier molecular flexibility index (Phi) is 6.47. The SMILES string of the molecule is O=c1[nH]c2cc3c(cc2cc1[C@H](c1nnnn1C[C@@H]1CCCO1)N1CCN(Cc2ccccc2)CC1)OCO3. The zero-order valence-electron chi connectivity index (χ0n) is 21.7. The van der Waals surface area contributed by atoms with Gasteiger partial charge < -0.3 is 19.2 Å². The molecule has 4 aromatic rings. The number of hydrogen-bond acceptors (Lipinski definition) is 9. The van der Waals surface area contributed by atoms with Gasteiger partial charge >= 0.3 is 0 Å². The van der Waals surface area contributed by atoms with E-state index in [2.05, 4.69) is 54.6 Å². The Hall–Kier alpha value is -3.80. The molecule has 0 spiro atoms. The predicted octanol–water partition coefficient (Wildman–Crippen LogP) is 2.33. The zero-order chi connectivity index (χ0) is 26.2. The second-order valence-corrected chi connectivity index (χ2v) is 10.4. The number of nitrogens with zero attached hydrogens (tertiary/aromatic N) is 6. The van der Waals surface area contributed by atoms with E-state index in [0.717, 1.165) is 57.6 Å². The third-order valence-corrected chi connectivity index (χ3v) is 7.89. The Morgan fingerprint density at radius 3 is 2.64 bits per heavy atom. The second-order valence-electron chi connectivity index (χ2n) is 10.4. The summed E-state index contributed by atoms with van der Waals surface area (Å²) in [5.74, 6) is 1.97. The molecule has 0 aliphatic carbocycles. The molecule has 1 N–H and O–H groups in total. The summed E-state index contributed by atoms with van der Waals surface area (Å²) >= 11 is 0. The summed E-state index contributed by atoms with van der Waals surface area (Å²) in [5.41, 5.74) is 2.46. The molecule has 0 bridgehead atoms. The van der Waals surface area contributed by atoms with Gasteiger partial charge in [-0.15, -0.1) is 5.10 Å². The first-order valence-electron chi connectivity index (χ1n) is 13.6. The Morgan fingerprint density at radius 1 is 1.03 bits per heavy atom. The number of piperazine rings is 1. The highest BCUT2D eigenvalue weighted by Crippen LogP contribution is 2.36. The van der Waals surface area contributed by atoms with Gasteiger partial charge in [-0.05, 0) is 41.0 Å². The topological polar surface area (TPSA) is 111 Å². The fourth-order valence-electron chi connectivity index (χ4n) is 5.86. The maximum atomic E-state index is 13.6. The van der Waals surface area contributed by atoms with Gasteiger partial charge in [0.15, 0.2) is 17.3 Å². The van der Waals surface area contributed by atoms with E-state index < -0.39 is 6.04 Å². The molecule has 2 aromatic carbocycles. The Balaban J connectivity index is 1.23. The summed E-state index contributed by atoms with van der Waals surface area (Å²) in [6, 6.07) is 15.8. The van der Waals surface area contributed by atoms with Gasteiger partial charge in [0.25, 0.3) is 5.56 Å². The molecule has 3 aliphatic heterocycles. The molecule has 0 saturated carbocycles. The van der Waals surface area contributed by atoms with Crippen LogP contribution in [-0.4, -0.2) is 80.7 Å². The minimum Gasteiger partial charge on any atom is -0.454 e. The van der Waals surface area contributed by atoms with Crippen LogP contribution < -0.4 is 15.0 Å². The molecule has 11 heteroatoms. The number of benzene rings is 2. The smallest absolute Gasteiger partial charge is 0.253 e. The molecule has 5 heterocycles. The highest BCUT2D eigenvalue weighted by molar-refractivity contribution is 5.83. The molecule has 0 unspecified atom stereocenters. The lowest BCUT2D eigenvalue weighted by molar-refractivity contribution is 0.0840. The Morgan fingerprint density at radius 2 is 1.85 bits per heavy atom. The summed E-state index contributed by atoms with van der Waals surface area (Å²) in [5, 5.41) is 13.7. The van der Waals surface area contributed by atoms with Crippen LogP contribution in [0, 0.1) is 0 Å². The number of nitrogens with one attached hydrogen (secondary N) is 1. The first kappa shape index (κ1) is 24.3. The second kappa shape index (κ2) is 10.4. The number of aromatic nitrogens is 5. The van der Waals surface area contributed by atoms with Crippen molar-refractivity contribution in [1.82, 2.24) is 35.0 Å². The molecule has 11 nitrogen and oxygen atoms in total. The molecule has 2 saturated heterocycles. The van der Waals surface area contributed by atoms with Gasteiger partial charge in [0.05, 0.1) is 18.2 Å². The Labute approximate surface area is 225 Å². The zero-order valence-corrected chi connectivity index (χ0v) is 21.7. The lowest BCUT2D eigenvalue weighted by atomic mass is 10.0. The number of rotatable bonds is 7. The van der Waals surface area contributed by atoms with Crippen LogP contribution in [0.5, 0.6) is 11.5 Å². The molecule has 202 valence electrons. The minimum absolute atomic E-state index is 0.0743. The van der Waals surface area contributed by atoms with Crippen molar-refractivity contribution in [2.24, 2.45) is 0 Å². The van der Waals surface area contributed by atoms with Crippen molar-refractivity contribution < 1.29 is 14.2 Å². The van der Waals surface area contributed by atoms with Crippen molar-refractivity contribution in [3.63, 3.8) is 0 Å². The molecule has 0 radical (unpaired) electrons. The minimum atomic E-state index is -0.404. The van der Waals surface area contributed by atoms with Crippen molar-refractivity contribution in [3.8, 4) is 11.5 Å². The number of fused-ring (bicyclic) bond motifs is 2. The van der Waals surface area contributed by atoms with Gasteiger partial charge in [-0.2, -0.15) is 0 Å². The molecule has 2 fully saturated rings. The third-order valence-electron chi connectivity index (χ3n) is 7.89. The van der Waals surface area contributed by atoms with E-state index in [1.165, 1.54) is 5.56 Å². The van der Waals surface area contributed by atoms with E-state index in [4.69, 9.17) is 14.2 Å². The third kappa shape index (κ3) is 4.88. The molecule has 3 aliphatic rings. The standard InChI is InChI=1S/C28H31N7O4/c36-28-22(13-20-14-24-25(39-18-38-24)15-23(20)29-28)26(27-30-31-32-35(27)17-21-7-4-12-37-21)34-10-8-33(9-11-34)16-19-5-2-1-3-6-19/h1-3,5-6,13-15,21,26H,4,7-12,16-18H2,(H,29,36)/t21-,26+/m0/s1. The van der Waals surface area contributed by atoms with Gasteiger partial charge in [-0.1, -0.05) is 30.3 Å². The maximum Gasteiger partial charge on any atom is 0.253 e. The number of hydrogen-bond donors (Lipinski definition) is 1. The normalized spacial score (nSPS) is 20.6. The van der Waals surface area contributed by atoms with Crippen LogP contribution in [0.15, 0.2) is 53.3 Å². The van der Waals surface area contributed by atoms with Gasteiger partial charge in [-0.25, -0.2) is 4.68 Å². The summed E-state index contributed by atoms with van der Waals surface area (Å²) in [6.45, 7) is 5.72. The van der Waals surface area contributed by atoms with Crippen molar-refractivity contribution in [1.29, 1.82) is 0 Å². The van der Waals surface area contributed by atoms with E-state index in [1.54, 1.807) is 0 Å². The fourth-order valence-corrected chi connectivity index (χ4v) is 5.86. The molecule has 2 aromatic heterocycles. The summed E-state index contributed by atoms with van der Waals surface area (Å²) < 4.78 is 18.8. The number of ether oxygens (including phenoxy) is 3. The first-order chi connectivity index (χ1) is 19.2. The molecular formula is C28H31N7O4. The molecule has 7 rings (SSSR count). The van der Waals surface area contributed by atoms with E-state index in [-0.39, 0.29) is 18.5 Å². The first-order valence-corrected chi connectivity index (χ1v) is 13.6. The maximum absolute atomic E-state index is 13.6. The van der Waals surface area contributed by atoms with Crippen molar-refractivity contribution in [3.05, 3.63) is 75.8 Å². The number of pyridine rings is 1. The number of H-pyrrole nitrogens is 1. The van der Waals surface area contributed by atoms with Gasteiger partial charge in [0, 0.05) is 56.3 Å². The highest BCUT2D eigenvalue weighted by atomic mass is 16.7. The summed E-state index contributed by atoms with van der Waals surface area (Å²) in [6.07, 6.45) is 2.09. The molecular weight excluding hydrogens is 498 g/mol. The number of tetrazole rings is 1. The largest absolute Gasteiger partial charge is 0.454 e. The average molecular weight is 530 g/mol. The lowest BCUT2D eigenvalue weighted by Gasteiger charge is -2.38. The summed E-state index contributed by atoms with van der Waals surface area (Å²) in [7, 11) is 0. The predicted molar refractivity (Wildman–Crippen MR) is 143 cm³/mol. The van der Waals surface area contributed by atoms with E-state index >= 15 is 0 Å². The molecule has 39 heavy (non-hydrogen) atoms. The van der Waals surface area contributed by atoms with Crippen molar-refractivity contribution in [2.45, 2.75) is 38.1 Å². The van der Waals surface area contributed by atoms with E-state index in [1.807, 2.05) is 28.9 Å². The summed E-state index contributed by atoms with van der Waals surface area (Å²) in [4.78, 5) is 21.4. The quantitative estimate of drug-likeness (QED) is 0.386. The Bertz CT molecular complexity index is 1510. The van der Waals surface area contributed by atoms with Crippen molar-refractivity contribution in [2.75, 3.05) is 39.6 Å². The monoisotopic (exact) mass is 529 g/mol. The number of aromatic amines is 1. The van der Waals surface area contributed by atoms with E-state index in [0.29, 0.717) is 34.9 Å². The molecule has 2 atom stereocenters. The van der Waals surface area contributed by atoms with Crippen LogP contribution >= 0.6 is 0 Å². The highest BCUT2D eigenvalue weighted by Gasteiger charge is 2.33. The lowest BCUT2D eigenvalue weighted by Crippen LogP contribution is -2.48. The van der Waals surface area contributed by atoms with Crippen LogP contribution in [0.2, 0.25) is 0 Å². The average Bonchev–Trinajstić information content (AvgIpc) is 3.73. The van der Waals surface area contributed by atoms with Crippen LogP contribution in [0.25, 0.3) is 10.9 Å². The van der Waals surface area contributed by atoms with Gasteiger partial charge in [0.2, 0.25) is 6.79 Å². The fraction of sp³-hybridized carbons (Fsp3) is 0.429. The van der Waals surface area contributed by atoms with Crippen LogP contribution in [0.1, 0.15) is 35.8 Å². The van der Waals surface area contributed by atoms with Crippen LogP contribution in [-0.2, 0) is 17.8 Å². The van der Waals surface area contributed by atoms with Crippen LogP contribution in [0.3, 0.4) is 0 Å². The van der Waals surface area contributed by atoms with E-state index in [9.17, 15) is 4.79 Å².